The van der Waals surface area contributed by atoms with Gasteiger partial charge in [-0.2, -0.15) is 0 Å². The third-order valence-corrected chi connectivity index (χ3v) is 4.21. The van der Waals surface area contributed by atoms with Gasteiger partial charge in [-0.05, 0) is 37.0 Å². The van der Waals surface area contributed by atoms with Crippen LogP contribution in [0.25, 0.3) is 11.1 Å². The summed E-state index contributed by atoms with van der Waals surface area (Å²) in [6, 6.07) is 5.51. The Bertz CT molecular complexity index is 579. The van der Waals surface area contributed by atoms with Crippen LogP contribution in [0.5, 0.6) is 0 Å². The Morgan fingerprint density at radius 2 is 2.30 bits per heavy atom. The van der Waals surface area contributed by atoms with Crippen LogP contribution in [-0.2, 0) is 11.3 Å². The Kier molecular flexibility index (Phi) is 3.92. The van der Waals surface area contributed by atoms with Crippen molar-refractivity contribution < 1.29 is 9.15 Å². The number of nitrogens with two attached hydrogens (primary N) is 1. The predicted molar refractivity (Wildman–Crippen MR) is 79.2 cm³/mol. The van der Waals surface area contributed by atoms with Crippen LogP contribution in [0, 0.1) is 5.92 Å². The van der Waals surface area contributed by atoms with Gasteiger partial charge in [0.15, 0.2) is 5.58 Å². The Morgan fingerprint density at radius 3 is 3.15 bits per heavy atom. The van der Waals surface area contributed by atoms with Crippen LogP contribution in [0.15, 0.2) is 22.6 Å². The Hall–Kier alpha value is -1.55. The Labute approximate surface area is 119 Å². The van der Waals surface area contributed by atoms with Crippen LogP contribution in [0.4, 0.5) is 5.69 Å². The summed E-state index contributed by atoms with van der Waals surface area (Å²) in [7, 11) is 0. The summed E-state index contributed by atoms with van der Waals surface area (Å²) in [6.07, 6.45) is 6.55. The molecule has 20 heavy (non-hydrogen) atoms. The lowest BCUT2D eigenvalue weighted by molar-refractivity contribution is -0.00669. The molecule has 0 spiro atoms. The molecule has 2 unspecified atom stereocenters. The van der Waals surface area contributed by atoms with E-state index >= 15 is 0 Å². The highest BCUT2D eigenvalue weighted by atomic mass is 16.5. The standard InChI is InChI=1S/C16H22N2O2/c1-2-11-4-3-5-13(8-11)19-10-16-18-14-9-12(17)6-7-15(14)20-16/h6-7,9,11,13H,2-5,8,10,17H2,1H3. The number of nitrogens with zero attached hydrogens (tertiary/aromatic N) is 1. The van der Waals surface area contributed by atoms with Gasteiger partial charge in [-0.25, -0.2) is 4.98 Å². The van der Waals surface area contributed by atoms with Crippen LogP contribution in [0.3, 0.4) is 0 Å². The van der Waals surface area contributed by atoms with Crippen molar-refractivity contribution in [1.82, 2.24) is 4.98 Å². The molecule has 1 aromatic carbocycles. The number of hydrogen-bond acceptors (Lipinski definition) is 4. The summed E-state index contributed by atoms with van der Waals surface area (Å²) in [6.45, 7) is 2.72. The first kappa shape index (κ1) is 13.4. The quantitative estimate of drug-likeness (QED) is 0.859. The number of rotatable bonds is 4. The molecule has 1 fully saturated rings. The molecule has 0 radical (unpaired) electrons. The minimum Gasteiger partial charge on any atom is -0.438 e. The molecule has 4 nitrogen and oxygen atoms in total. The summed E-state index contributed by atoms with van der Waals surface area (Å²) < 4.78 is 11.6. The van der Waals surface area contributed by atoms with Gasteiger partial charge in [0.2, 0.25) is 5.89 Å². The van der Waals surface area contributed by atoms with Crippen molar-refractivity contribution in [2.45, 2.75) is 51.7 Å². The van der Waals surface area contributed by atoms with Gasteiger partial charge in [0, 0.05) is 5.69 Å². The van der Waals surface area contributed by atoms with E-state index in [9.17, 15) is 0 Å². The monoisotopic (exact) mass is 274 g/mol. The maximum absolute atomic E-state index is 5.97. The topological polar surface area (TPSA) is 61.3 Å². The maximum atomic E-state index is 5.97. The molecular weight excluding hydrogens is 252 g/mol. The second-order valence-electron chi connectivity index (χ2n) is 5.71. The second kappa shape index (κ2) is 5.83. The first-order valence-corrected chi connectivity index (χ1v) is 7.51. The Balaban J connectivity index is 1.62. The lowest BCUT2D eigenvalue weighted by atomic mass is 9.85. The van der Waals surface area contributed by atoms with Gasteiger partial charge in [0.25, 0.3) is 0 Å². The fourth-order valence-corrected chi connectivity index (χ4v) is 3.01. The molecule has 1 saturated carbocycles. The highest BCUT2D eigenvalue weighted by Gasteiger charge is 2.21. The van der Waals surface area contributed by atoms with E-state index in [-0.39, 0.29) is 0 Å². The van der Waals surface area contributed by atoms with Gasteiger partial charge < -0.3 is 14.9 Å². The molecule has 1 aliphatic rings. The summed E-state index contributed by atoms with van der Waals surface area (Å²) in [5.41, 5.74) is 8.02. The number of benzene rings is 1. The van der Waals surface area contributed by atoms with Gasteiger partial charge in [-0.15, -0.1) is 0 Å². The number of nitrogen functional groups attached to an aromatic ring is 1. The third-order valence-electron chi connectivity index (χ3n) is 4.21. The van der Waals surface area contributed by atoms with Crippen molar-refractivity contribution in [3.63, 3.8) is 0 Å². The number of aromatic nitrogens is 1. The predicted octanol–water partition coefficient (Wildman–Crippen LogP) is 3.90. The van der Waals surface area contributed by atoms with Gasteiger partial charge in [-0.3, -0.25) is 0 Å². The highest BCUT2D eigenvalue weighted by Crippen LogP contribution is 2.29. The van der Waals surface area contributed by atoms with E-state index in [4.69, 9.17) is 14.9 Å². The summed E-state index contributed by atoms with van der Waals surface area (Å²) >= 11 is 0. The molecule has 0 bridgehead atoms. The number of oxazole rings is 1. The minimum absolute atomic E-state index is 0.355. The fraction of sp³-hybridized carbons (Fsp3) is 0.562. The first-order valence-electron chi connectivity index (χ1n) is 7.51. The average Bonchev–Trinajstić information content (AvgIpc) is 2.87. The SMILES string of the molecule is CCC1CCCC(OCc2nc3cc(N)ccc3o2)C1. The zero-order valence-corrected chi connectivity index (χ0v) is 12.0. The van der Waals surface area contributed by atoms with Gasteiger partial charge in [0.05, 0.1) is 6.10 Å². The average molecular weight is 274 g/mol. The van der Waals surface area contributed by atoms with Crippen LogP contribution in [0.1, 0.15) is 44.9 Å². The molecule has 0 amide bonds. The number of fused-ring (bicyclic) bond motifs is 1. The van der Waals surface area contributed by atoms with E-state index < -0.39 is 0 Å². The van der Waals surface area contributed by atoms with Gasteiger partial charge in [-0.1, -0.05) is 26.2 Å². The van der Waals surface area contributed by atoms with Crippen LogP contribution in [-0.4, -0.2) is 11.1 Å². The fourth-order valence-electron chi connectivity index (χ4n) is 3.01. The van der Waals surface area contributed by atoms with Crippen LogP contribution >= 0.6 is 0 Å². The summed E-state index contributed by atoms with van der Waals surface area (Å²) in [4.78, 5) is 4.43. The van der Waals surface area contributed by atoms with Crippen molar-refractivity contribution in [2.75, 3.05) is 5.73 Å². The Morgan fingerprint density at radius 1 is 1.40 bits per heavy atom. The molecule has 2 atom stereocenters. The second-order valence-corrected chi connectivity index (χ2v) is 5.71. The zero-order chi connectivity index (χ0) is 13.9. The third kappa shape index (κ3) is 2.96. The molecule has 1 aromatic heterocycles. The lowest BCUT2D eigenvalue weighted by Gasteiger charge is -2.28. The van der Waals surface area contributed by atoms with Crippen molar-refractivity contribution in [1.29, 1.82) is 0 Å². The normalized spacial score (nSPS) is 23.2. The number of hydrogen-bond donors (Lipinski definition) is 1. The van der Waals surface area contributed by atoms with E-state index in [1.807, 2.05) is 18.2 Å². The molecule has 108 valence electrons. The largest absolute Gasteiger partial charge is 0.438 e. The lowest BCUT2D eigenvalue weighted by Crippen LogP contribution is -2.22. The molecule has 1 aliphatic carbocycles. The van der Waals surface area contributed by atoms with Crippen molar-refractivity contribution in [3.8, 4) is 0 Å². The van der Waals surface area contributed by atoms with E-state index in [1.54, 1.807) is 0 Å². The number of anilines is 1. The van der Waals surface area contributed by atoms with Crippen molar-refractivity contribution >= 4 is 16.8 Å². The highest BCUT2D eigenvalue weighted by molar-refractivity contribution is 5.76. The van der Waals surface area contributed by atoms with E-state index in [2.05, 4.69) is 11.9 Å². The van der Waals surface area contributed by atoms with Crippen molar-refractivity contribution in [3.05, 3.63) is 24.1 Å². The maximum Gasteiger partial charge on any atom is 0.221 e. The van der Waals surface area contributed by atoms with Gasteiger partial charge >= 0.3 is 0 Å². The minimum atomic E-state index is 0.355. The van der Waals surface area contributed by atoms with E-state index in [0.29, 0.717) is 24.3 Å². The molecule has 3 rings (SSSR count). The van der Waals surface area contributed by atoms with Crippen LogP contribution in [0.2, 0.25) is 0 Å². The van der Waals surface area contributed by atoms with Crippen molar-refractivity contribution in [2.24, 2.45) is 5.92 Å². The summed E-state index contributed by atoms with van der Waals surface area (Å²) in [5, 5.41) is 0. The molecular formula is C16H22N2O2. The molecule has 0 saturated heterocycles. The molecule has 0 aliphatic heterocycles. The molecule has 2 N–H and O–H groups in total. The van der Waals surface area contributed by atoms with Crippen LogP contribution < -0.4 is 5.73 Å². The van der Waals surface area contributed by atoms with E-state index in [0.717, 1.165) is 23.4 Å². The first-order chi connectivity index (χ1) is 9.74. The smallest absolute Gasteiger partial charge is 0.221 e. The zero-order valence-electron chi connectivity index (χ0n) is 12.0. The number of ether oxygens (including phenoxy) is 1. The van der Waals surface area contributed by atoms with E-state index in [1.165, 1.54) is 25.7 Å². The summed E-state index contributed by atoms with van der Waals surface area (Å²) in [5.74, 6) is 1.46. The molecule has 1 heterocycles. The molecule has 4 heteroatoms. The van der Waals surface area contributed by atoms with Gasteiger partial charge in [0.1, 0.15) is 12.1 Å². The molecule has 2 aromatic rings.